The molecule has 3 aromatic rings. The molecule has 0 aliphatic rings. The van der Waals surface area contributed by atoms with Crippen LogP contribution in [-0.4, -0.2) is 4.98 Å². The van der Waals surface area contributed by atoms with E-state index in [1.54, 1.807) is 18.2 Å². The zero-order valence-corrected chi connectivity index (χ0v) is 10.1. The molecule has 1 N–H and O–H groups in total. The predicted octanol–water partition coefficient (Wildman–Crippen LogP) is 3.07. The fourth-order valence-corrected chi connectivity index (χ4v) is 2.20. The second kappa shape index (κ2) is 4.43. The summed E-state index contributed by atoms with van der Waals surface area (Å²) >= 11 is 0. The molecule has 0 radical (unpaired) electrons. The van der Waals surface area contributed by atoms with Gasteiger partial charge in [-0.1, -0.05) is 30.3 Å². The number of hydrogen-bond acceptors (Lipinski definition) is 2. The Morgan fingerprint density at radius 3 is 2.68 bits per heavy atom. The minimum atomic E-state index is -0.143. The number of H-pyrrole nitrogens is 1. The van der Waals surface area contributed by atoms with Gasteiger partial charge in [-0.25, -0.2) is 0 Å². The van der Waals surface area contributed by atoms with Crippen molar-refractivity contribution in [2.45, 2.75) is 0 Å². The van der Waals surface area contributed by atoms with E-state index in [-0.39, 0.29) is 5.56 Å². The first-order valence-electron chi connectivity index (χ1n) is 5.90. The first-order chi connectivity index (χ1) is 9.28. The summed E-state index contributed by atoms with van der Waals surface area (Å²) in [6, 6.07) is 18.6. The van der Waals surface area contributed by atoms with E-state index in [2.05, 4.69) is 11.1 Å². The number of para-hydroxylation sites is 1. The van der Waals surface area contributed by atoms with Crippen LogP contribution in [0.3, 0.4) is 0 Å². The highest BCUT2D eigenvalue weighted by atomic mass is 16.1. The van der Waals surface area contributed by atoms with Crippen LogP contribution in [-0.2, 0) is 0 Å². The molecule has 0 unspecified atom stereocenters. The highest BCUT2D eigenvalue weighted by Gasteiger charge is 2.06. The average molecular weight is 246 g/mol. The zero-order valence-electron chi connectivity index (χ0n) is 10.1. The minimum absolute atomic E-state index is 0.143. The SMILES string of the molecule is N#Cc1cccc(-c2cc(=O)[nH]c3ccccc23)c1. The van der Waals surface area contributed by atoms with Gasteiger partial charge in [-0.3, -0.25) is 4.79 Å². The number of fused-ring (bicyclic) bond motifs is 1. The number of aromatic amines is 1. The molecule has 0 aliphatic heterocycles. The Morgan fingerprint density at radius 2 is 1.84 bits per heavy atom. The van der Waals surface area contributed by atoms with E-state index in [0.29, 0.717) is 5.56 Å². The lowest BCUT2D eigenvalue weighted by Crippen LogP contribution is -2.04. The van der Waals surface area contributed by atoms with Gasteiger partial charge in [0.05, 0.1) is 11.6 Å². The Labute approximate surface area is 109 Å². The summed E-state index contributed by atoms with van der Waals surface area (Å²) in [5.74, 6) is 0. The summed E-state index contributed by atoms with van der Waals surface area (Å²) in [7, 11) is 0. The lowest BCUT2D eigenvalue weighted by atomic mass is 10.00. The Kier molecular flexibility index (Phi) is 2.62. The zero-order chi connectivity index (χ0) is 13.2. The molecule has 3 nitrogen and oxygen atoms in total. The summed E-state index contributed by atoms with van der Waals surface area (Å²) in [5, 5.41) is 9.93. The van der Waals surface area contributed by atoms with Gasteiger partial charge >= 0.3 is 0 Å². The number of nitrogens with zero attached hydrogens (tertiary/aromatic N) is 1. The third kappa shape index (κ3) is 2.00. The van der Waals surface area contributed by atoms with Crippen molar-refractivity contribution < 1.29 is 0 Å². The molecule has 2 aromatic carbocycles. The molecule has 0 atom stereocenters. The topological polar surface area (TPSA) is 56.6 Å². The normalized spacial score (nSPS) is 10.3. The van der Waals surface area contributed by atoms with Gasteiger partial charge in [0.1, 0.15) is 0 Å². The van der Waals surface area contributed by atoms with Gasteiger partial charge in [-0.05, 0) is 29.3 Å². The molecule has 0 saturated heterocycles. The molecule has 19 heavy (non-hydrogen) atoms. The number of nitrogens with one attached hydrogen (secondary N) is 1. The van der Waals surface area contributed by atoms with Gasteiger partial charge in [0, 0.05) is 17.0 Å². The Hall–Kier alpha value is -2.86. The van der Waals surface area contributed by atoms with Crippen LogP contribution in [0.4, 0.5) is 0 Å². The summed E-state index contributed by atoms with van der Waals surface area (Å²) in [4.78, 5) is 14.5. The van der Waals surface area contributed by atoms with E-state index >= 15 is 0 Å². The third-order valence-corrected chi connectivity index (χ3v) is 3.05. The standard InChI is InChI=1S/C16H10N2O/c17-10-11-4-3-5-12(8-11)14-9-16(19)18-15-7-2-1-6-13(14)15/h1-9H,(H,18,19). The monoisotopic (exact) mass is 246 g/mol. The molecule has 0 amide bonds. The predicted molar refractivity (Wildman–Crippen MR) is 74.7 cm³/mol. The van der Waals surface area contributed by atoms with Crippen molar-refractivity contribution in [3.63, 3.8) is 0 Å². The van der Waals surface area contributed by atoms with Crippen LogP contribution in [0.15, 0.2) is 59.4 Å². The fraction of sp³-hybridized carbons (Fsp3) is 0. The van der Waals surface area contributed by atoms with Gasteiger partial charge in [0.2, 0.25) is 5.56 Å². The van der Waals surface area contributed by atoms with Crippen LogP contribution < -0.4 is 5.56 Å². The van der Waals surface area contributed by atoms with Crippen LogP contribution in [0.5, 0.6) is 0 Å². The van der Waals surface area contributed by atoms with Crippen molar-refractivity contribution in [1.82, 2.24) is 4.98 Å². The van der Waals surface area contributed by atoms with Crippen molar-refractivity contribution in [2.24, 2.45) is 0 Å². The molecule has 1 heterocycles. The number of pyridine rings is 1. The van der Waals surface area contributed by atoms with E-state index in [1.165, 1.54) is 0 Å². The minimum Gasteiger partial charge on any atom is -0.322 e. The van der Waals surface area contributed by atoms with E-state index < -0.39 is 0 Å². The van der Waals surface area contributed by atoms with Crippen molar-refractivity contribution in [1.29, 1.82) is 5.26 Å². The Balaban J connectivity index is 2.36. The molecule has 0 saturated carbocycles. The lowest BCUT2D eigenvalue weighted by Gasteiger charge is -2.06. The molecule has 0 aliphatic carbocycles. The maximum absolute atomic E-state index is 11.7. The van der Waals surface area contributed by atoms with Gasteiger partial charge in [-0.15, -0.1) is 0 Å². The van der Waals surface area contributed by atoms with Gasteiger partial charge in [0.25, 0.3) is 0 Å². The molecular weight excluding hydrogens is 236 g/mol. The fourth-order valence-electron chi connectivity index (χ4n) is 2.20. The van der Waals surface area contributed by atoms with Crippen LogP contribution in [0, 0.1) is 11.3 Å². The van der Waals surface area contributed by atoms with E-state index in [1.807, 2.05) is 36.4 Å². The molecule has 0 spiro atoms. The van der Waals surface area contributed by atoms with Crippen LogP contribution in [0.25, 0.3) is 22.0 Å². The summed E-state index contributed by atoms with van der Waals surface area (Å²) in [6.45, 7) is 0. The lowest BCUT2D eigenvalue weighted by molar-refractivity contribution is 1.31. The number of benzene rings is 2. The molecular formula is C16H10N2O. The molecule has 3 heteroatoms. The van der Waals surface area contributed by atoms with Gasteiger partial charge in [0.15, 0.2) is 0 Å². The van der Waals surface area contributed by atoms with Crippen molar-refractivity contribution >= 4 is 10.9 Å². The quantitative estimate of drug-likeness (QED) is 0.717. The second-order valence-electron chi connectivity index (χ2n) is 4.29. The van der Waals surface area contributed by atoms with Crippen molar-refractivity contribution in [2.75, 3.05) is 0 Å². The molecule has 90 valence electrons. The smallest absolute Gasteiger partial charge is 0.249 e. The van der Waals surface area contributed by atoms with Crippen LogP contribution in [0.2, 0.25) is 0 Å². The highest BCUT2D eigenvalue weighted by Crippen LogP contribution is 2.26. The summed E-state index contributed by atoms with van der Waals surface area (Å²) in [5.41, 5.74) is 2.96. The van der Waals surface area contributed by atoms with Crippen molar-refractivity contribution in [3.8, 4) is 17.2 Å². The largest absolute Gasteiger partial charge is 0.322 e. The molecule has 0 bridgehead atoms. The number of nitriles is 1. The molecule has 1 aromatic heterocycles. The first kappa shape index (κ1) is 11.2. The Bertz CT molecular complexity index is 856. The van der Waals surface area contributed by atoms with Crippen molar-refractivity contribution in [3.05, 3.63) is 70.5 Å². The average Bonchev–Trinajstić information content (AvgIpc) is 2.46. The van der Waals surface area contributed by atoms with E-state index in [4.69, 9.17) is 5.26 Å². The maximum Gasteiger partial charge on any atom is 0.249 e. The molecule has 3 rings (SSSR count). The summed E-state index contributed by atoms with van der Waals surface area (Å²) < 4.78 is 0. The third-order valence-electron chi connectivity index (χ3n) is 3.05. The Morgan fingerprint density at radius 1 is 1.00 bits per heavy atom. The van der Waals surface area contributed by atoms with Crippen LogP contribution >= 0.6 is 0 Å². The van der Waals surface area contributed by atoms with E-state index in [9.17, 15) is 4.79 Å². The number of rotatable bonds is 1. The van der Waals surface area contributed by atoms with Crippen LogP contribution in [0.1, 0.15) is 5.56 Å². The number of aromatic nitrogens is 1. The molecule has 0 fully saturated rings. The highest BCUT2D eigenvalue weighted by molar-refractivity contribution is 5.94. The first-order valence-corrected chi connectivity index (χ1v) is 5.90. The second-order valence-corrected chi connectivity index (χ2v) is 4.29. The summed E-state index contributed by atoms with van der Waals surface area (Å²) in [6.07, 6.45) is 0. The van der Waals surface area contributed by atoms with E-state index in [0.717, 1.165) is 22.0 Å². The van der Waals surface area contributed by atoms with Gasteiger partial charge < -0.3 is 4.98 Å². The number of hydrogen-bond donors (Lipinski definition) is 1. The maximum atomic E-state index is 11.7. The van der Waals surface area contributed by atoms with Gasteiger partial charge in [-0.2, -0.15) is 5.26 Å².